The lowest BCUT2D eigenvalue weighted by Gasteiger charge is -2.06. The van der Waals surface area contributed by atoms with E-state index in [9.17, 15) is 8.42 Å². The van der Waals surface area contributed by atoms with Crippen molar-refractivity contribution in [1.82, 2.24) is 10.3 Å². The first kappa shape index (κ1) is 16.4. The molecular weight excluding hydrogens is 374 g/mol. The SMILES string of the molecule is CCCNCc1cc(S(=O)(=O)Nc2ccncc2)c(Br)s1. The molecule has 0 radical (unpaired) electrons. The van der Waals surface area contributed by atoms with Gasteiger partial charge in [0.15, 0.2) is 0 Å². The van der Waals surface area contributed by atoms with Crippen LogP contribution in [0.2, 0.25) is 0 Å². The maximum Gasteiger partial charge on any atom is 0.263 e. The van der Waals surface area contributed by atoms with Gasteiger partial charge in [-0.1, -0.05) is 6.92 Å². The molecule has 0 aliphatic heterocycles. The summed E-state index contributed by atoms with van der Waals surface area (Å²) in [6.45, 7) is 3.67. The van der Waals surface area contributed by atoms with Gasteiger partial charge in [-0.2, -0.15) is 0 Å². The molecule has 0 saturated heterocycles. The molecular formula is C13H16BrN3O2S2. The Morgan fingerprint density at radius 2 is 2.05 bits per heavy atom. The third kappa shape index (κ3) is 4.50. The summed E-state index contributed by atoms with van der Waals surface area (Å²) >= 11 is 4.76. The standard InChI is InChI=1S/C13H16BrN3O2S2/c1-2-5-16-9-11-8-12(13(14)20-11)21(18,19)17-10-3-6-15-7-4-10/h3-4,6-8,16H,2,5,9H2,1H3,(H,15,17). The average molecular weight is 390 g/mol. The molecule has 0 atom stereocenters. The number of halogens is 1. The Kier molecular flexibility index (Phi) is 5.74. The molecule has 8 heteroatoms. The highest BCUT2D eigenvalue weighted by atomic mass is 79.9. The molecule has 114 valence electrons. The lowest BCUT2D eigenvalue weighted by molar-refractivity contribution is 0.601. The van der Waals surface area contributed by atoms with Gasteiger partial charge in [-0.25, -0.2) is 8.42 Å². The first-order valence-corrected chi connectivity index (χ1v) is 9.54. The molecule has 0 fully saturated rings. The van der Waals surface area contributed by atoms with E-state index in [1.165, 1.54) is 11.3 Å². The number of hydrogen-bond donors (Lipinski definition) is 2. The summed E-state index contributed by atoms with van der Waals surface area (Å²) in [5.74, 6) is 0. The second kappa shape index (κ2) is 7.35. The van der Waals surface area contributed by atoms with Crippen molar-refractivity contribution in [2.24, 2.45) is 0 Å². The smallest absolute Gasteiger partial charge is 0.263 e. The van der Waals surface area contributed by atoms with Gasteiger partial charge in [0.25, 0.3) is 10.0 Å². The number of anilines is 1. The van der Waals surface area contributed by atoms with Crippen LogP contribution in [0.5, 0.6) is 0 Å². The molecule has 0 aromatic carbocycles. The van der Waals surface area contributed by atoms with Crippen LogP contribution in [0.4, 0.5) is 5.69 Å². The molecule has 2 N–H and O–H groups in total. The average Bonchev–Trinajstić information content (AvgIpc) is 2.82. The fourth-order valence-corrected chi connectivity index (χ4v) is 5.40. The van der Waals surface area contributed by atoms with E-state index in [-0.39, 0.29) is 4.90 Å². The van der Waals surface area contributed by atoms with Gasteiger partial charge in [-0.05, 0) is 47.1 Å². The summed E-state index contributed by atoms with van der Waals surface area (Å²) in [4.78, 5) is 5.10. The zero-order valence-electron chi connectivity index (χ0n) is 11.5. The zero-order valence-corrected chi connectivity index (χ0v) is 14.7. The number of nitrogens with one attached hydrogen (secondary N) is 2. The molecule has 21 heavy (non-hydrogen) atoms. The van der Waals surface area contributed by atoms with Gasteiger partial charge < -0.3 is 5.32 Å². The van der Waals surface area contributed by atoms with Gasteiger partial charge in [0, 0.05) is 23.8 Å². The first-order valence-electron chi connectivity index (χ1n) is 6.44. The van der Waals surface area contributed by atoms with Gasteiger partial charge in [0.1, 0.15) is 4.90 Å². The maximum absolute atomic E-state index is 12.4. The zero-order chi connectivity index (χ0) is 15.3. The third-order valence-electron chi connectivity index (χ3n) is 2.65. The van der Waals surface area contributed by atoms with Crippen LogP contribution in [-0.4, -0.2) is 19.9 Å². The molecule has 5 nitrogen and oxygen atoms in total. The fourth-order valence-electron chi connectivity index (χ4n) is 1.69. The molecule has 0 saturated carbocycles. The summed E-state index contributed by atoms with van der Waals surface area (Å²) < 4.78 is 27.9. The molecule has 2 rings (SSSR count). The summed E-state index contributed by atoms with van der Waals surface area (Å²) in [5.41, 5.74) is 0.494. The monoisotopic (exact) mass is 389 g/mol. The molecule has 0 aliphatic carbocycles. The molecule has 0 bridgehead atoms. The number of nitrogens with zero attached hydrogens (tertiary/aromatic N) is 1. The fraction of sp³-hybridized carbons (Fsp3) is 0.308. The molecule has 0 aliphatic rings. The van der Waals surface area contributed by atoms with Gasteiger partial charge in [-0.15, -0.1) is 11.3 Å². The van der Waals surface area contributed by atoms with Crippen molar-refractivity contribution < 1.29 is 8.42 Å². The highest BCUT2D eigenvalue weighted by Crippen LogP contribution is 2.32. The lowest BCUT2D eigenvalue weighted by atomic mass is 10.4. The van der Waals surface area contributed by atoms with Crippen molar-refractivity contribution in [2.45, 2.75) is 24.8 Å². The number of thiophene rings is 1. The molecule has 0 spiro atoms. The van der Waals surface area contributed by atoms with Gasteiger partial charge in [-0.3, -0.25) is 9.71 Å². The van der Waals surface area contributed by atoms with Crippen LogP contribution in [-0.2, 0) is 16.6 Å². The Balaban J connectivity index is 2.16. The van der Waals surface area contributed by atoms with E-state index in [2.05, 4.69) is 37.9 Å². The number of sulfonamides is 1. The molecule has 2 aromatic heterocycles. The van der Waals surface area contributed by atoms with Crippen molar-refractivity contribution in [1.29, 1.82) is 0 Å². The van der Waals surface area contributed by atoms with Crippen LogP contribution in [0.1, 0.15) is 18.2 Å². The third-order valence-corrected chi connectivity index (χ3v) is 6.29. The normalized spacial score (nSPS) is 11.5. The largest absolute Gasteiger partial charge is 0.312 e. The second-order valence-electron chi connectivity index (χ2n) is 4.37. The van der Waals surface area contributed by atoms with Crippen molar-refractivity contribution in [3.05, 3.63) is 39.3 Å². The minimum atomic E-state index is -3.60. The minimum Gasteiger partial charge on any atom is -0.312 e. The maximum atomic E-state index is 12.4. The summed E-state index contributed by atoms with van der Waals surface area (Å²) in [6.07, 6.45) is 4.13. The van der Waals surface area contributed by atoms with Crippen LogP contribution in [0.3, 0.4) is 0 Å². The van der Waals surface area contributed by atoms with E-state index in [1.54, 1.807) is 30.6 Å². The molecule has 2 heterocycles. The highest BCUT2D eigenvalue weighted by Gasteiger charge is 2.21. The summed E-state index contributed by atoms with van der Waals surface area (Å²) in [5, 5.41) is 3.26. The Morgan fingerprint density at radius 1 is 1.33 bits per heavy atom. The van der Waals surface area contributed by atoms with Crippen LogP contribution >= 0.6 is 27.3 Å². The van der Waals surface area contributed by atoms with Crippen LogP contribution in [0, 0.1) is 0 Å². The van der Waals surface area contributed by atoms with E-state index in [1.807, 2.05) is 0 Å². The highest BCUT2D eigenvalue weighted by molar-refractivity contribution is 9.11. The number of rotatable bonds is 7. The van der Waals surface area contributed by atoms with Crippen LogP contribution in [0.25, 0.3) is 0 Å². The Morgan fingerprint density at radius 3 is 2.71 bits per heavy atom. The van der Waals surface area contributed by atoms with Gasteiger partial charge in [0.05, 0.1) is 9.47 Å². The van der Waals surface area contributed by atoms with Crippen LogP contribution < -0.4 is 10.0 Å². The van der Waals surface area contributed by atoms with E-state index in [4.69, 9.17) is 0 Å². The second-order valence-corrected chi connectivity index (χ2v) is 8.47. The van der Waals surface area contributed by atoms with E-state index >= 15 is 0 Å². The summed E-state index contributed by atoms with van der Waals surface area (Å²) in [7, 11) is -3.60. The van der Waals surface area contributed by atoms with E-state index < -0.39 is 10.0 Å². The Labute approximate surface area is 137 Å². The predicted octanol–water partition coefficient (Wildman–Crippen LogP) is 3.21. The molecule has 2 aromatic rings. The summed E-state index contributed by atoms with van der Waals surface area (Å²) in [6, 6.07) is 4.92. The number of pyridine rings is 1. The number of aromatic nitrogens is 1. The Hall–Kier alpha value is -0.960. The quantitative estimate of drug-likeness (QED) is 0.713. The van der Waals surface area contributed by atoms with Gasteiger partial charge in [0.2, 0.25) is 0 Å². The topological polar surface area (TPSA) is 71.1 Å². The van der Waals surface area contributed by atoms with Crippen LogP contribution in [0.15, 0.2) is 39.3 Å². The van der Waals surface area contributed by atoms with E-state index in [0.29, 0.717) is 16.0 Å². The minimum absolute atomic E-state index is 0.262. The number of hydrogen-bond acceptors (Lipinski definition) is 5. The molecule has 0 unspecified atom stereocenters. The predicted molar refractivity (Wildman–Crippen MR) is 89.1 cm³/mol. The van der Waals surface area contributed by atoms with Crippen molar-refractivity contribution >= 4 is 43.0 Å². The van der Waals surface area contributed by atoms with Gasteiger partial charge >= 0.3 is 0 Å². The molecule has 0 amide bonds. The first-order chi connectivity index (χ1) is 10.0. The van der Waals surface area contributed by atoms with E-state index in [0.717, 1.165) is 17.8 Å². The van der Waals surface area contributed by atoms with Crippen molar-refractivity contribution in [3.8, 4) is 0 Å². The van der Waals surface area contributed by atoms with Crippen molar-refractivity contribution in [2.75, 3.05) is 11.3 Å². The van der Waals surface area contributed by atoms with Crippen molar-refractivity contribution in [3.63, 3.8) is 0 Å². The lowest BCUT2D eigenvalue weighted by Crippen LogP contribution is -2.14. The Bertz CT molecular complexity index is 687.